The molecule has 3 aromatic rings. The summed E-state index contributed by atoms with van der Waals surface area (Å²) in [5.74, 6) is 1.99. The van der Waals surface area contributed by atoms with Crippen LogP contribution in [-0.2, 0) is 10.0 Å². The van der Waals surface area contributed by atoms with E-state index in [9.17, 15) is 18.3 Å². The Morgan fingerprint density at radius 2 is 1.81 bits per heavy atom. The zero-order chi connectivity index (χ0) is 24.9. The summed E-state index contributed by atoms with van der Waals surface area (Å²) in [6, 6.07) is 8.66. The molecule has 3 fully saturated rings. The van der Waals surface area contributed by atoms with Crippen molar-refractivity contribution in [3.63, 3.8) is 0 Å². The molecule has 0 bridgehead atoms. The van der Waals surface area contributed by atoms with Crippen LogP contribution in [0.4, 0.5) is 5.69 Å². The molecule has 3 N–H and O–H groups in total. The van der Waals surface area contributed by atoms with E-state index >= 15 is 0 Å². The smallest absolute Gasteiger partial charge is 0.343 e. The van der Waals surface area contributed by atoms with Crippen molar-refractivity contribution in [2.45, 2.75) is 68.4 Å². The van der Waals surface area contributed by atoms with E-state index in [0.717, 1.165) is 31.2 Å². The van der Waals surface area contributed by atoms with Gasteiger partial charge in [0.2, 0.25) is 5.16 Å². The molecule has 0 saturated heterocycles. The van der Waals surface area contributed by atoms with Gasteiger partial charge >= 0.3 is 5.63 Å². The van der Waals surface area contributed by atoms with Crippen molar-refractivity contribution in [2.75, 3.05) is 4.72 Å². The Hall–Kier alpha value is -3.07. The first kappa shape index (κ1) is 23.3. The molecule has 2 heterocycles. The maximum Gasteiger partial charge on any atom is 0.343 e. The number of benzene rings is 1. The van der Waals surface area contributed by atoms with Crippen molar-refractivity contribution in [2.24, 2.45) is 17.8 Å². The van der Waals surface area contributed by atoms with E-state index in [1.807, 2.05) is 6.07 Å². The fourth-order valence-corrected chi connectivity index (χ4v) is 6.29. The summed E-state index contributed by atoms with van der Waals surface area (Å²) in [5, 5.41) is 11.0. The number of imidazole rings is 1. The summed E-state index contributed by atoms with van der Waals surface area (Å²) in [7, 11) is -3.87. The molecular weight excluding hydrogens is 478 g/mol. The predicted octanol–water partition coefficient (Wildman–Crippen LogP) is 5.10. The number of rotatable bonds is 11. The number of anilines is 1. The quantitative estimate of drug-likeness (QED) is 0.330. The van der Waals surface area contributed by atoms with E-state index in [0.29, 0.717) is 23.3 Å². The zero-order valence-corrected chi connectivity index (χ0v) is 20.8. The highest BCUT2D eigenvalue weighted by atomic mass is 32.2. The van der Waals surface area contributed by atoms with E-state index in [-0.39, 0.29) is 34.2 Å². The number of nitrogens with one attached hydrogen (secondary N) is 2. The van der Waals surface area contributed by atoms with E-state index in [1.165, 1.54) is 38.1 Å². The van der Waals surface area contributed by atoms with Crippen LogP contribution in [0.2, 0.25) is 0 Å². The van der Waals surface area contributed by atoms with Gasteiger partial charge in [-0.15, -0.1) is 0 Å². The molecule has 3 saturated carbocycles. The topological polar surface area (TPSA) is 125 Å². The SMILES string of the molecule is O=c1oc(C(CC2CC2)CC2CC2)cc(O)c1C(c1cccc(NS(=O)(=O)c2ncc[nH]2)c1)C1CC1. The first-order valence-corrected chi connectivity index (χ1v) is 14.3. The molecule has 190 valence electrons. The lowest BCUT2D eigenvalue weighted by molar-refractivity contribution is 0.357. The standard InChI is InChI=1S/C27H31N3O5S/c31-22-15-23(20(12-16-4-5-16)13-17-6-7-17)35-26(32)25(22)24(18-8-9-18)19-2-1-3-21(14-19)30-36(33,34)27-28-10-11-29-27/h1-3,10-11,14-18,20,24,30-31H,4-9,12-13H2,(H,28,29). The minimum Gasteiger partial charge on any atom is -0.507 e. The van der Waals surface area contributed by atoms with Gasteiger partial charge in [0.05, 0.1) is 5.56 Å². The number of hydrogen-bond acceptors (Lipinski definition) is 6. The van der Waals surface area contributed by atoms with Gasteiger partial charge in [-0.1, -0.05) is 37.8 Å². The molecule has 0 amide bonds. The molecule has 0 spiro atoms. The third kappa shape index (κ3) is 5.07. The lowest BCUT2D eigenvalue weighted by atomic mass is 9.86. The van der Waals surface area contributed by atoms with Gasteiger partial charge in [-0.05, 0) is 61.1 Å². The second kappa shape index (κ2) is 9.10. The summed E-state index contributed by atoms with van der Waals surface area (Å²) in [6.07, 6.45) is 11.7. The third-order valence-corrected chi connectivity index (χ3v) is 8.88. The highest BCUT2D eigenvalue weighted by Gasteiger charge is 2.39. The minimum atomic E-state index is -3.87. The average Bonchev–Trinajstić information content (AvgIpc) is 3.73. The van der Waals surface area contributed by atoms with Gasteiger partial charge in [-0.3, -0.25) is 4.72 Å². The van der Waals surface area contributed by atoms with Crippen LogP contribution in [0.1, 0.15) is 80.1 Å². The number of hydrogen-bond donors (Lipinski definition) is 3. The number of nitrogens with zero attached hydrogens (tertiary/aromatic N) is 1. The summed E-state index contributed by atoms with van der Waals surface area (Å²) in [6.45, 7) is 0. The van der Waals surface area contributed by atoms with Crippen LogP contribution in [0, 0.1) is 17.8 Å². The van der Waals surface area contributed by atoms with Gasteiger partial charge in [-0.2, -0.15) is 8.42 Å². The molecule has 0 aliphatic heterocycles. The van der Waals surface area contributed by atoms with Crippen LogP contribution >= 0.6 is 0 Å². The highest BCUT2D eigenvalue weighted by molar-refractivity contribution is 7.92. The van der Waals surface area contributed by atoms with Crippen molar-refractivity contribution in [1.29, 1.82) is 0 Å². The molecule has 3 aliphatic carbocycles. The van der Waals surface area contributed by atoms with Crippen molar-refractivity contribution < 1.29 is 17.9 Å². The van der Waals surface area contributed by atoms with Crippen molar-refractivity contribution >= 4 is 15.7 Å². The lowest BCUT2D eigenvalue weighted by Crippen LogP contribution is -2.18. The van der Waals surface area contributed by atoms with Crippen LogP contribution < -0.4 is 10.3 Å². The second-order valence-corrected chi connectivity index (χ2v) is 12.3. The lowest BCUT2D eigenvalue weighted by Gasteiger charge is -2.21. The largest absolute Gasteiger partial charge is 0.507 e. The zero-order valence-electron chi connectivity index (χ0n) is 20.0. The Kier molecular flexibility index (Phi) is 5.90. The molecule has 1 unspecified atom stereocenters. The Balaban J connectivity index is 1.31. The maximum atomic E-state index is 13.3. The Labute approximate surface area is 210 Å². The van der Waals surface area contributed by atoms with E-state index in [1.54, 1.807) is 24.3 Å². The van der Waals surface area contributed by atoms with Gasteiger partial charge < -0.3 is 14.5 Å². The predicted molar refractivity (Wildman–Crippen MR) is 134 cm³/mol. The molecule has 1 atom stereocenters. The molecular formula is C27H31N3O5S. The van der Waals surface area contributed by atoms with Crippen LogP contribution in [0.3, 0.4) is 0 Å². The highest BCUT2D eigenvalue weighted by Crippen LogP contribution is 2.49. The summed E-state index contributed by atoms with van der Waals surface area (Å²) < 4.78 is 33.7. The first-order chi connectivity index (χ1) is 17.4. The maximum absolute atomic E-state index is 13.3. The number of aromatic amines is 1. The van der Waals surface area contributed by atoms with E-state index < -0.39 is 15.6 Å². The molecule has 3 aliphatic rings. The summed E-state index contributed by atoms with van der Waals surface area (Å²) in [4.78, 5) is 19.8. The summed E-state index contributed by atoms with van der Waals surface area (Å²) in [5.41, 5.74) is 0.910. The average molecular weight is 510 g/mol. The van der Waals surface area contributed by atoms with Crippen LogP contribution in [0.25, 0.3) is 0 Å². The molecule has 36 heavy (non-hydrogen) atoms. The Morgan fingerprint density at radius 1 is 1.08 bits per heavy atom. The number of aromatic hydroxyl groups is 1. The Bertz CT molecular complexity index is 1390. The van der Waals surface area contributed by atoms with Crippen molar-refractivity contribution in [1.82, 2.24) is 9.97 Å². The number of aromatic nitrogens is 2. The molecule has 9 heteroatoms. The monoisotopic (exact) mass is 509 g/mol. The van der Waals surface area contributed by atoms with Gasteiger partial charge in [-0.25, -0.2) is 9.78 Å². The molecule has 0 radical (unpaired) electrons. The fraction of sp³-hybridized carbons (Fsp3) is 0.481. The van der Waals surface area contributed by atoms with Gasteiger partial charge in [0.15, 0.2) is 0 Å². The van der Waals surface area contributed by atoms with Gasteiger partial charge in [0.25, 0.3) is 10.0 Å². The van der Waals surface area contributed by atoms with E-state index in [2.05, 4.69) is 14.7 Å². The normalized spacial score (nSPS) is 18.9. The number of H-pyrrole nitrogens is 1. The van der Waals surface area contributed by atoms with Crippen LogP contribution in [0.5, 0.6) is 5.75 Å². The molecule has 1 aromatic carbocycles. The van der Waals surface area contributed by atoms with Crippen LogP contribution in [-0.4, -0.2) is 23.5 Å². The van der Waals surface area contributed by atoms with Gasteiger partial charge in [0, 0.05) is 36.0 Å². The van der Waals surface area contributed by atoms with E-state index in [4.69, 9.17) is 4.42 Å². The minimum absolute atomic E-state index is 0.0173. The second-order valence-electron chi connectivity index (χ2n) is 10.7. The Morgan fingerprint density at radius 3 is 2.39 bits per heavy atom. The fourth-order valence-electron chi connectivity index (χ4n) is 5.34. The van der Waals surface area contributed by atoms with Crippen LogP contribution in [0.15, 0.2) is 57.1 Å². The third-order valence-electron chi connectivity index (χ3n) is 7.65. The van der Waals surface area contributed by atoms with Gasteiger partial charge in [0.1, 0.15) is 11.5 Å². The first-order valence-electron chi connectivity index (χ1n) is 12.9. The van der Waals surface area contributed by atoms with Crippen molar-refractivity contribution in [3.05, 3.63) is 70.0 Å². The van der Waals surface area contributed by atoms with Crippen molar-refractivity contribution in [3.8, 4) is 5.75 Å². The molecule has 8 nitrogen and oxygen atoms in total. The molecule has 6 rings (SSSR count). The number of sulfonamides is 1. The summed E-state index contributed by atoms with van der Waals surface area (Å²) >= 11 is 0. The molecule has 2 aromatic heterocycles.